The number of anilines is 2. The van der Waals surface area contributed by atoms with Gasteiger partial charge >= 0.3 is 11.2 Å². The lowest BCUT2D eigenvalue weighted by Crippen LogP contribution is -2.47. The highest BCUT2D eigenvalue weighted by Gasteiger charge is 2.20. The van der Waals surface area contributed by atoms with Gasteiger partial charge in [-0.1, -0.05) is 12.1 Å². The number of para-hydroxylation sites is 2. The number of methoxy groups -OCH3 is 2. The lowest BCUT2D eigenvalue weighted by atomic mass is 10.2. The summed E-state index contributed by atoms with van der Waals surface area (Å²) >= 11 is 0. The summed E-state index contributed by atoms with van der Waals surface area (Å²) in [5.41, 5.74) is 0.325. The molecule has 0 saturated carbocycles. The van der Waals surface area contributed by atoms with E-state index in [9.17, 15) is 9.59 Å². The van der Waals surface area contributed by atoms with Crippen LogP contribution < -0.4 is 30.9 Å². The number of benzene rings is 1. The van der Waals surface area contributed by atoms with Crippen LogP contribution in [0.5, 0.6) is 11.5 Å². The molecule has 1 aliphatic heterocycles. The Balaban J connectivity index is 1.51. The second-order valence-electron chi connectivity index (χ2n) is 7.37. The van der Waals surface area contributed by atoms with Crippen molar-refractivity contribution in [2.24, 2.45) is 14.1 Å². The molecule has 1 saturated heterocycles. The van der Waals surface area contributed by atoms with Crippen LogP contribution in [0.4, 0.5) is 11.5 Å². The molecule has 1 aromatic heterocycles. The van der Waals surface area contributed by atoms with E-state index < -0.39 is 5.56 Å². The fourth-order valence-corrected chi connectivity index (χ4v) is 3.81. The summed E-state index contributed by atoms with van der Waals surface area (Å²) in [6.07, 6.45) is 0.890. The monoisotopic (exact) mass is 417 g/mol. The van der Waals surface area contributed by atoms with Crippen LogP contribution in [0, 0.1) is 0 Å². The summed E-state index contributed by atoms with van der Waals surface area (Å²) in [4.78, 5) is 29.2. The maximum Gasteiger partial charge on any atom is 0.332 e. The van der Waals surface area contributed by atoms with Gasteiger partial charge in [0.2, 0.25) is 5.75 Å². The average molecular weight is 418 g/mol. The molecule has 164 valence electrons. The van der Waals surface area contributed by atoms with Crippen LogP contribution in [-0.2, 0) is 14.1 Å². The molecule has 9 heteroatoms. The second kappa shape index (κ2) is 9.71. The van der Waals surface area contributed by atoms with Crippen molar-refractivity contribution in [3.05, 3.63) is 45.1 Å². The molecule has 30 heavy (non-hydrogen) atoms. The van der Waals surface area contributed by atoms with Gasteiger partial charge in [-0.15, -0.1) is 0 Å². The Morgan fingerprint density at radius 1 is 0.967 bits per heavy atom. The number of hydrogen-bond donors (Lipinski definition) is 1. The van der Waals surface area contributed by atoms with Crippen LogP contribution in [0.2, 0.25) is 0 Å². The Morgan fingerprint density at radius 3 is 2.33 bits per heavy atom. The van der Waals surface area contributed by atoms with Crippen LogP contribution in [0.3, 0.4) is 0 Å². The molecule has 3 rings (SSSR count). The van der Waals surface area contributed by atoms with Crippen molar-refractivity contribution < 1.29 is 9.47 Å². The molecular weight excluding hydrogens is 386 g/mol. The Labute approximate surface area is 176 Å². The highest BCUT2D eigenvalue weighted by atomic mass is 16.5. The number of nitrogens with zero attached hydrogens (tertiary/aromatic N) is 4. The molecule has 0 spiro atoms. The first kappa shape index (κ1) is 21.8. The van der Waals surface area contributed by atoms with Gasteiger partial charge in [-0.3, -0.25) is 18.8 Å². The van der Waals surface area contributed by atoms with Gasteiger partial charge in [0.1, 0.15) is 5.75 Å². The number of nitrogens with one attached hydrogen (secondary N) is 1. The lowest BCUT2D eigenvalue weighted by molar-refractivity contribution is 0.256. The highest BCUT2D eigenvalue weighted by Crippen LogP contribution is 2.28. The third kappa shape index (κ3) is 4.46. The van der Waals surface area contributed by atoms with Gasteiger partial charge in [0.25, 0.3) is 0 Å². The summed E-state index contributed by atoms with van der Waals surface area (Å²) in [5.74, 6) is 1.49. The summed E-state index contributed by atoms with van der Waals surface area (Å²) in [5, 5.41) is 3.20. The number of ether oxygens (including phenoxy) is 2. The fraction of sp³-hybridized carbons (Fsp3) is 0.524. The molecule has 0 amide bonds. The predicted octanol–water partition coefficient (Wildman–Crippen LogP) is 0.725. The van der Waals surface area contributed by atoms with Crippen molar-refractivity contribution >= 4 is 11.5 Å². The van der Waals surface area contributed by atoms with Crippen molar-refractivity contribution in [1.29, 1.82) is 0 Å². The quantitative estimate of drug-likeness (QED) is 0.634. The Hall–Kier alpha value is -2.94. The summed E-state index contributed by atoms with van der Waals surface area (Å²) in [6.45, 7) is 5.44. The number of piperazine rings is 1. The number of rotatable bonds is 8. The molecule has 0 aliphatic carbocycles. The standard InChI is InChI=1S/C21H31N5O4/c1-23-19(18(30-4)20(27)24(2)21(23)28)22-10-7-11-25-12-14-26(15-13-25)16-8-5-6-9-17(16)29-3/h5-6,8-9,22H,7,10-15H2,1-4H3. The van der Waals surface area contributed by atoms with E-state index in [1.807, 2.05) is 18.2 Å². The van der Waals surface area contributed by atoms with Crippen LogP contribution in [0.1, 0.15) is 6.42 Å². The molecule has 1 aliphatic rings. The van der Waals surface area contributed by atoms with Gasteiger partial charge in [-0.25, -0.2) is 4.79 Å². The number of aromatic nitrogens is 2. The molecule has 2 aromatic rings. The molecule has 2 heterocycles. The van der Waals surface area contributed by atoms with Crippen LogP contribution >= 0.6 is 0 Å². The van der Waals surface area contributed by atoms with E-state index in [4.69, 9.17) is 9.47 Å². The SMILES string of the molecule is COc1ccccc1N1CCN(CCCNc2c(OC)c(=O)n(C)c(=O)n2C)CC1. The van der Waals surface area contributed by atoms with Crippen molar-refractivity contribution in [2.45, 2.75) is 6.42 Å². The van der Waals surface area contributed by atoms with Crippen LogP contribution in [0.25, 0.3) is 0 Å². The van der Waals surface area contributed by atoms with Gasteiger partial charge in [0, 0.05) is 46.8 Å². The van der Waals surface area contributed by atoms with E-state index in [2.05, 4.69) is 21.2 Å². The van der Waals surface area contributed by atoms with Crippen molar-refractivity contribution in [3.63, 3.8) is 0 Å². The first-order valence-corrected chi connectivity index (χ1v) is 10.2. The lowest BCUT2D eigenvalue weighted by Gasteiger charge is -2.36. The van der Waals surface area contributed by atoms with E-state index in [0.29, 0.717) is 12.4 Å². The van der Waals surface area contributed by atoms with E-state index >= 15 is 0 Å². The minimum Gasteiger partial charge on any atom is -0.495 e. The molecule has 1 fully saturated rings. The van der Waals surface area contributed by atoms with E-state index in [0.717, 1.165) is 55.1 Å². The molecular formula is C21H31N5O4. The van der Waals surface area contributed by atoms with Crippen molar-refractivity contribution in [3.8, 4) is 11.5 Å². The first-order chi connectivity index (χ1) is 14.5. The Kier molecular flexibility index (Phi) is 7.04. The van der Waals surface area contributed by atoms with Crippen molar-refractivity contribution in [2.75, 3.05) is 63.7 Å². The molecule has 1 N–H and O–H groups in total. The third-order valence-corrected chi connectivity index (χ3v) is 5.57. The average Bonchev–Trinajstić information content (AvgIpc) is 2.78. The van der Waals surface area contributed by atoms with Gasteiger partial charge in [-0.2, -0.15) is 0 Å². The van der Waals surface area contributed by atoms with Gasteiger partial charge in [0.15, 0.2) is 5.82 Å². The third-order valence-electron chi connectivity index (χ3n) is 5.57. The Morgan fingerprint density at radius 2 is 1.67 bits per heavy atom. The van der Waals surface area contributed by atoms with Crippen molar-refractivity contribution in [1.82, 2.24) is 14.0 Å². The fourth-order valence-electron chi connectivity index (χ4n) is 3.81. The Bertz CT molecular complexity index is 976. The molecule has 0 unspecified atom stereocenters. The normalized spacial score (nSPS) is 14.6. The van der Waals surface area contributed by atoms with Gasteiger partial charge in [0.05, 0.1) is 19.9 Å². The highest BCUT2D eigenvalue weighted by molar-refractivity contribution is 5.58. The number of hydrogen-bond acceptors (Lipinski definition) is 7. The molecule has 0 atom stereocenters. The van der Waals surface area contributed by atoms with E-state index in [-0.39, 0.29) is 11.4 Å². The smallest absolute Gasteiger partial charge is 0.332 e. The molecule has 9 nitrogen and oxygen atoms in total. The van der Waals surface area contributed by atoms with Crippen LogP contribution in [-0.4, -0.2) is 67.5 Å². The summed E-state index contributed by atoms with van der Waals surface area (Å²) in [6, 6.07) is 8.11. The topological polar surface area (TPSA) is 81.0 Å². The molecule has 0 bridgehead atoms. The predicted molar refractivity (Wildman–Crippen MR) is 118 cm³/mol. The maximum absolute atomic E-state index is 12.2. The van der Waals surface area contributed by atoms with Gasteiger partial charge in [-0.05, 0) is 25.1 Å². The summed E-state index contributed by atoms with van der Waals surface area (Å²) < 4.78 is 13.2. The molecule has 1 aromatic carbocycles. The minimum atomic E-state index is -0.435. The molecule has 0 radical (unpaired) electrons. The zero-order chi connectivity index (χ0) is 21.7. The van der Waals surface area contributed by atoms with E-state index in [1.165, 1.54) is 18.7 Å². The first-order valence-electron chi connectivity index (χ1n) is 10.2. The zero-order valence-electron chi connectivity index (χ0n) is 18.2. The largest absolute Gasteiger partial charge is 0.495 e. The van der Waals surface area contributed by atoms with E-state index in [1.54, 1.807) is 14.2 Å². The minimum absolute atomic E-state index is 0.157. The summed E-state index contributed by atoms with van der Waals surface area (Å²) in [7, 11) is 6.22. The maximum atomic E-state index is 12.2. The van der Waals surface area contributed by atoms with Gasteiger partial charge < -0.3 is 19.7 Å². The zero-order valence-corrected chi connectivity index (χ0v) is 18.2. The second-order valence-corrected chi connectivity index (χ2v) is 7.37. The van der Waals surface area contributed by atoms with Crippen LogP contribution in [0.15, 0.2) is 33.9 Å².